The summed E-state index contributed by atoms with van der Waals surface area (Å²) < 4.78 is 16.2. The van der Waals surface area contributed by atoms with Crippen LogP contribution in [0.15, 0.2) is 48.8 Å². The first-order valence-electron chi connectivity index (χ1n) is 8.85. The van der Waals surface area contributed by atoms with Gasteiger partial charge in [-0.2, -0.15) is 5.10 Å². The maximum atomic E-state index is 14.9. The molecule has 4 aromatic rings. The number of nitrogens with zero attached hydrogens (tertiary/aromatic N) is 4. The Kier molecular flexibility index (Phi) is 5.06. The van der Waals surface area contributed by atoms with E-state index in [4.69, 9.17) is 17.3 Å². The van der Waals surface area contributed by atoms with E-state index in [9.17, 15) is 14.3 Å². The molecule has 30 heavy (non-hydrogen) atoms. The molecular formula is C20H16ClFN6O2. The Morgan fingerprint density at radius 1 is 1.27 bits per heavy atom. The van der Waals surface area contributed by atoms with Gasteiger partial charge in [0.25, 0.3) is 5.91 Å². The Hall–Kier alpha value is -3.56. The Morgan fingerprint density at radius 3 is 2.80 bits per heavy atom. The van der Waals surface area contributed by atoms with E-state index in [1.54, 1.807) is 25.1 Å². The fourth-order valence-corrected chi connectivity index (χ4v) is 3.28. The fraction of sp³-hybridized carbons (Fsp3) is 0.100. The van der Waals surface area contributed by atoms with E-state index in [-0.39, 0.29) is 17.2 Å². The molecule has 8 nitrogen and oxygen atoms in total. The average Bonchev–Trinajstić information content (AvgIpc) is 3.05. The summed E-state index contributed by atoms with van der Waals surface area (Å²) in [4.78, 5) is 20.4. The van der Waals surface area contributed by atoms with E-state index < -0.39 is 17.8 Å². The molecule has 0 saturated heterocycles. The molecule has 4 rings (SSSR count). The van der Waals surface area contributed by atoms with Crippen LogP contribution in [0.2, 0.25) is 5.02 Å². The standard InChI is InChI=1S/C20H16ClFN6O2/c1-10-16-17(19(23)25-9-24-16)28(27-10)15-6-5-13(8-14(15)22)26-20(30)18(29)11-3-2-4-12(21)7-11/h2-9,18,29H,1H3,(H,26,30)(H2,23,24,25). The van der Waals surface area contributed by atoms with Crippen molar-refractivity contribution in [3.63, 3.8) is 0 Å². The second-order valence-electron chi connectivity index (χ2n) is 6.57. The van der Waals surface area contributed by atoms with Gasteiger partial charge in [-0.15, -0.1) is 0 Å². The lowest BCUT2D eigenvalue weighted by Gasteiger charge is -2.13. The topological polar surface area (TPSA) is 119 Å². The molecule has 10 heteroatoms. The van der Waals surface area contributed by atoms with E-state index >= 15 is 0 Å². The van der Waals surface area contributed by atoms with Gasteiger partial charge in [0.1, 0.15) is 23.0 Å². The number of aliphatic hydroxyl groups excluding tert-OH is 1. The molecule has 0 aliphatic heterocycles. The molecule has 1 atom stereocenters. The molecule has 0 aliphatic carbocycles. The molecule has 0 fully saturated rings. The quantitative estimate of drug-likeness (QED) is 0.461. The monoisotopic (exact) mass is 426 g/mol. The zero-order valence-electron chi connectivity index (χ0n) is 15.7. The highest BCUT2D eigenvalue weighted by Gasteiger charge is 2.20. The number of carbonyl (C=O) groups excluding carboxylic acids is 1. The van der Waals surface area contributed by atoms with Crippen molar-refractivity contribution in [1.29, 1.82) is 0 Å². The third kappa shape index (κ3) is 3.56. The highest BCUT2D eigenvalue weighted by Crippen LogP contribution is 2.27. The Bertz CT molecular complexity index is 1280. The van der Waals surface area contributed by atoms with Crippen molar-refractivity contribution in [1.82, 2.24) is 19.7 Å². The molecule has 1 amide bonds. The minimum atomic E-state index is -1.46. The third-order valence-electron chi connectivity index (χ3n) is 4.51. The maximum Gasteiger partial charge on any atom is 0.257 e. The van der Waals surface area contributed by atoms with Gasteiger partial charge in [-0.25, -0.2) is 19.0 Å². The molecule has 2 heterocycles. The SMILES string of the molecule is Cc1nn(-c2ccc(NC(=O)C(O)c3cccc(Cl)c3)cc2F)c2c(N)ncnc12. The van der Waals surface area contributed by atoms with Crippen molar-refractivity contribution in [2.45, 2.75) is 13.0 Å². The molecular weight excluding hydrogens is 411 g/mol. The van der Waals surface area contributed by atoms with Gasteiger partial charge in [-0.1, -0.05) is 23.7 Å². The Balaban J connectivity index is 1.62. The second-order valence-corrected chi connectivity index (χ2v) is 7.00. The summed E-state index contributed by atoms with van der Waals surface area (Å²) in [6.07, 6.45) is -0.141. The number of amides is 1. The number of aryl methyl sites for hydroxylation is 1. The largest absolute Gasteiger partial charge is 0.382 e. The van der Waals surface area contributed by atoms with Crippen LogP contribution in [0.4, 0.5) is 15.9 Å². The predicted molar refractivity (Wildman–Crippen MR) is 111 cm³/mol. The number of aliphatic hydroxyl groups is 1. The van der Waals surface area contributed by atoms with Crippen LogP contribution in [-0.2, 0) is 4.79 Å². The molecule has 0 radical (unpaired) electrons. The molecule has 2 aromatic heterocycles. The summed E-state index contributed by atoms with van der Waals surface area (Å²) >= 11 is 5.89. The van der Waals surface area contributed by atoms with Gasteiger partial charge in [0.05, 0.1) is 5.69 Å². The van der Waals surface area contributed by atoms with Gasteiger partial charge >= 0.3 is 0 Å². The molecule has 2 aromatic carbocycles. The highest BCUT2D eigenvalue weighted by atomic mass is 35.5. The van der Waals surface area contributed by atoms with Crippen molar-refractivity contribution < 1.29 is 14.3 Å². The van der Waals surface area contributed by atoms with Crippen LogP contribution in [0, 0.1) is 12.7 Å². The molecule has 0 saturated carbocycles. The molecule has 1 unspecified atom stereocenters. The van der Waals surface area contributed by atoms with Crippen molar-refractivity contribution >= 4 is 40.0 Å². The van der Waals surface area contributed by atoms with Gasteiger partial charge in [0, 0.05) is 10.7 Å². The first kappa shape index (κ1) is 19.7. The van der Waals surface area contributed by atoms with Crippen molar-refractivity contribution in [2.75, 3.05) is 11.1 Å². The van der Waals surface area contributed by atoms with Gasteiger partial charge in [0.2, 0.25) is 0 Å². The molecule has 0 aliphatic rings. The number of nitrogens with two attached hydrogens (primary N) is 1. The van der Waals surface area contributed by atoms with E-state index in [1.807, 2.05) is 0 Å². The normalized spacial score (nSPS) is 12.1. The first-order valence-corrected chi connectivity index (χ1v) is 9.23. The van der Waals surface area contributed by atoms with Gasteiger partial charge in [0.15, 0.2) is 17.7 Å². The summed E-state index contributed by atoms with van der Waals surface area (Å²) in [6.45, 7) is 1.73. The van der Waals surface area contributed by atoms with Crippen molar-refractivity contribution in [2.24, 2.45) is 0 Å². The summed E-state index contributed by atoms with van der Waals surface area (Å²) in [5.74, 6) is -1.21. The predicted octanol–water partition coefficient (Wildman–Crippen LogP) is 3.17. The number of nitrogen functional groups attached to an aromatic ring is 1. The lowest BCUT2D eigenvalue weighted by molar-refractivity contribution is -0.124. The number of carbonyl (C=O) groups is 1. The zero-order valence-corrected chi connectivity index (χ0v) is 16.4. The minimum Gasteiger partial charge on any atom is -0.382 e. The number of hydrogen-bond acceptors (Lipinski definition) is 6. The number of hydrogen-bond donors (Lipinski definition) is 3. The Morgan fingerprint density at radius 2 is 2.07 bits per heavy atom. The zero-order chi connectivity index (χ0) is 21.4. The maximum absolute atomic E-state index is 14.9. The first-order chi connectivity index (χ1) is 14.3. The van der Waals surface area contributed by atoms with Crippen molar-refractivity contribution in [3.8, 4) is 5.69 Å². The van der Waals surface area contributed by atoms with E-state index in [0.717, 1.165) is 6.07 Å². The number of halogens is 2. The van der Waals surface area contributed by atoms with Crippen LogP contribution >= 0.6 is 11.6 Å². The van der Waals surface area contributed by atoms with E-state index in [1.165, 1.54) is 29.2 Å². The summed E-state index contributed by atoms with van der Waals surface area (Å²) in [5.41, 5.74) is 8.01. The summed E-state index contributed by atoms with van der Waals surface area (Å²) in [7, 11) is 0. The molecule has 0 spiro atoms. The van der Waals surface area contributed by atoms with E-state index in [0.29, 0.717) is 27.3 Å². The summed E-state index contributed by atoms with van der Waals surface area (Å²) in [5, 5.41) is 17.4. The molecule has 152 valence electrons. The van der Waals surface area contributed by atoms with E-state index in [2.05, 4.69) is 20.4 Å². The number of benzene rings is 2. The van der Waals surface area contributed by atoms with Crippen LogP contribution in [0.5, 0.6) is 0 Å². The van der Waals surface area contributed by atoms with Crippen LogP contribution in [0.25, 0.3) is 16.7 Å². The van der Waals surface area contributed by atoms with Gasteiger partial charge < -0.3 is 16.2 Å². The third-order valence-corrected chi connectivity index (χ3v) is 4.75. The van der Waals surface area contributed by atoms with Crippen LogP contribution < -0.4 is 11.1 Å². The lowest BCUT2D eigenvalue weighted by Crippen LogP contribution is -2.21. The van der Waals surface area contributed by atoms with Crippen LogP contribution in [0.3, 0.4) is 0 Å². The average molecular weight is 427 g/mol. The smallest absolute Gasteiger partial charge is 0.257 e. The fourth-order valence-electron chi connectivity index (χ4n) is 3.08. The van der Waals surface area contributed by atoms with Crippen LogP contribution in [-0.4, -0.2) is 30.8 Å². The Labute approximate surface area is 175 Å². The highest BCUT2D eigenvalue weighted by molar-refractivity contribution is 6.30. The van der Waals surface area contributed by atoms with Crippen molar-refractivity contribution in [3.05, 3.63) is 70.9 Å². The second kappa shape index (κ2) is 7.69. The number of fused-ring (bicyclic) bond motifs is 1. The molecule has 4 N–H and O–H groups in total. The number of rotatable bonds is 4. The number of nitrogens with one attached hydrogen (secondary N) is 1. The lowest BCUT2D eigenvalue weighted by atomic mass is 10.1. The summed E-state index contributed by atoms with van der Waals surface area (Å²) in [6, 6.07) is 10.3. The minimum absolute atomic E-state index is 0.114. The van der Waals surface area contributed by atoms with Gasteiger partial charge in [-0.05, 0) is 42.8 Å². The van der Waals surface area contributed by atoms with Gasteiger partial charge in [-0.3, -0.25) is 4.79 Å². The number of aromatic nitrogens is 4. The molecule has 0 bridgehead atoms. The van der Waals surface area contributed by atoms with Crippen LogP contribution in [0.1, 0.15) is 17.4 Å². The number of anilines is 2.